The summed E-state index contributed by atoms with van der Waals surface area (Å²) in [5.41, 5.74) is 2.63. The zero-order chi connectivity index (χ0) is 19.2. The van der Waals surface area contributed by atoms with E-state index in [4.69, 9.17) is 9.73 Å². The predicted octanol–water partition coefficient (Wildman–Crippen LogP) is 4.02. The molecule has 6 heteroatoms. The molecule has 1 aromatic rings. The van der Waals surface area contributed by atoms with Crippen molar-refractivity contribution in [2.24, 2.45) is 4.99 Å². The van der Waals surface area contributed by atoms with Gasteiger partial charge >= 0.3 is 0 Å². The molecule has 27 heavy (non-hydrogen) atoms. The van der Waals surface area contributed by atoms with E-state index in [2.05, 4.69) is 67.6 Å². The Balaban J connectivity index is 0.00000676. The zero-order valence-corrected chi connectivity index (χ0v) is 20.1. The summed E-state index contributed by atoms with van der Waals surface area (Å²) in [7, 11) is 2.17. The van der Waals surface area contributed by atoms with E-state index in [-0.39, 0.29) is 24.0 Å². The largest absolute Gasteiger partial charge is 0.382 e. The van der Waals surface area contributed by atoms with Crippen LogP contribution in [-0.4, -0.2) is 50.3 Å². The molecule has 0 spiro atoms. The van der Waals surface area contributed by atoms with Gasteiger partial charge in [0.05, 0.1) is 6.54 Å². The van der Waals surface area contributed by atoms with Gasteiger partial charge in [0.1, 0.15) is 0 Å². The number of nitrogens with zero attached hydrogens (tertiary/aromatic N) is 2. The van der Waals surface area contributed by atoms with Gasteiger partial charge in [0.2, 0.25) is 0 Å². The highest BCUT2D eigenvalue weighted by Crippen LogP contribution is 2.13. The first-order valence-electron chi connectivity index (χ1n) is 9.95. The van der Waals surface area contributed by atoms with Crippen LogP contribution in [0.25, 0.3) is 0 Å². The highest BCUT2D eigenvalue weighted by molar-refractivity contribution is 14.0. The first-order chi connectivity index (χ1) is 12.6. The lowest BCUT2D eigenvalue weighted by Crippen LogP contribution is -2.37. The topological polar surface area (TPSA) is 48.9 Å². The zero-order valence-electron chi connectivity index (χ0n) is 17.8. The molecule has 0 aliphatic heterocycles. The van der Waals surface area contributed by atoms with Gasteiger partial charge in [-0.05, 0) is 58.7 Å². The monoisotopic (exact) mass is 490 g/mol. The van der Waals surface area contributed by atoms with Gasteiger partial charge in [0, 0.05) is 38.9 Å². The Kier molecular flexibility index (Phi) is 15.6. The third-order valence-corrected chi connectivity index (χ3v) is 4.38. The highest BCUT2D eigenvalue weighted by Gasteiger charge is 2.08. The predicted molar refractivity (Wildman–Crippen MR) is 127 cm³/mol. The number of aliphatic imine (C=N–C) groups is 1. The normalized spacial score (nSPS) is 11.6. The second-order valence-electron chi connectivity index (χ2n) is 6.80. The molecule has 2 N–H and O–H groups in total. The Bertz CT molecular complexity index is 523. The van der Waals surface area contributed by atoms with Gasteiger partial charge < -0.3 is 15.4 Å². The quantitative estimate of drug-likeness (QED) is 0.201. The Hall–Kier alpha value is -0.860. The molecule has 0 radical (unpaired) electrons. The second-order valence-corrected chi connectivity index (χ2v) is 6.80. The van der Waals surface area contributed by atoms with Crippen molar-refractivity contribution in [3.05, 3.63) is 35.4 Å². The van der Waals surface area contributed by atoms with E-state index in [1.54, 1.807) is 0 Å². The summed E-state index contributed by atoms with van der Waals surface area (Å²) in [4.78, 5) is 7.13. The molecule has 156 valence electrons. The van der Waals surface area contributed by atoms with Crippen molar-refractivity contribution in [1.82, 2.24) is 15.5 Å². The molecule has 1 rings (SSSR count). The average Bonchev–Trinajstić information content (AvgIpc) is 2.63. The third kappa shape index (κ3) is 11.5. The molecule has 0 saturated carbocycles. The van der Waals surface area contributed by atoms with Crippen LogP contribution in [0.2, 0.25) is 0 Å². The SMILES string of the molecule is CCNC(=NCc1ccccc1CN(C)C(C)C)NCCCCOCC.I. The minimum absolute atomic E-state index is 0. The van der Waals surface area contributed by atoms with Crippen molar-refractivity contribution in [3.8, 4) is 0 Å². The summed E-state index contributed by atoms with van der Waals surface area (Å²) in [6.45, 7) is 13.6. The second kappa shape index (κ2) is 16.1. The summed E-state index contributed by atoms with van der Waals surface area (Å²) in [6.07, 6.45) is 2.16. The van der Waals surface area contributed by atoms with Crippen molar-refractivity contribution in [3.63, 3.8) is 0 Å². The summed E-state index contributed by atoms with van der Waals surface area (Å²) in [5.74, 6) is 0.885. The van der Waals surface area contributed by atoms with Crippen LogP contribution < -0.4 is 10.6 Å². The molecular weight excluding hydrogens is 451 g/mol. The molecule has 0 aromatic heterocycles. The number of unbranched alkanes of at least 4 members (excludes halogenated alkanes) is 1. The van der Waals surface area contributed by atoms with Gasteiger partial charge in [0.25, 0.3) is 0 Å². The molecular formula is C21H39IN4O. The summed E-state index contributed by atoms with van der Waals surface area (Å²) in [5, 5.41) is 6.75. The van der Waals surface area contributed by atoms with Crippen molar-refractivity contribution in [1.29, 1.82) is 0 Å². The molecule has 0 amide bonds. The summed E-state index contributed by atoms with van der Waals surface area (Å²) < 4.78 is 5.38. The molecule has 0 unspecified atom stereocenters. The number of hydrogen-bond acceptors (Lipinski definition) is 3. The Labute approximate surface area is 183 Å². The van der Waals surface area contributed by atoms with Crippen LogP contribution in [-0.2, 0) is 17.8 Å². The number of rotatable bonds is 12. The minimum atomic E-state index is 0. The van der Waals surface area contributed by atoms with Crippen LogP contribution in [0.15, 0.2) is 29.3 Å². The van der Waals surface area contributed by atoms with Gasteiger partial charge in [0.15, 0.2) is 5.96 Å². The highest BCUT2D eigenvalue weighted by atomic mass is 127. The van der Waals surface area contributed by atoms with E-state index in [0.29, 0.717) is 12.6 Å². The first-order valence-corrected chi connectivity index (χ1v) is 9.95. The molecule has 0 saturated heterocycles. The van der Waals surface area contributed by atoms with Crippen molar-refractivity contribution < 1.29 is 4.74 Å². The first kappa shape index (κ1) is 26.1. The van der Waals surface area contributed by atoms with Crippen LogP contribution in [0.1, 0.15) is 51.7 Å². The molecule has 5 nitrogen and oxygen atoms in total. The number of halogens is 1. The number of guanidine groups is 1. The van der Waals surface area contributed by atoms with Crippen molar-refractivity contribution >= 4 is 29.9 Å². The lowest BCUT2D eigenvalue weighted by Gasteiger charge is -2.22. The molecule has 0 aliphatic carbocycles. The van der Waals surface area contributed by atoms with E-state index in [9.17, 15) is 0 Å². The van der Waals surface area contributed by atoms with Crippen LogP contribution in [0.5, 0.6) is 0 Å². The third-order valence-electron chi connectivity index (χ3n) is 4.38. The number of ether oxygens (including phenoxy) is 1. The van der Waals surface area contributed by atoms with E-state index in [0.717, 1.165) is 51.6 Å². The molecule has 0 heterocycles. The molecule has 0 fully saturated rings. The van der Waals surface area contributed by atoms with Gasteiger partial charge in [-0.2, -0.15) is 0 Å². The maximum atomic E-state index is 5.38. The van der Waals surface area contributed by atoms with Gasteiger partial charge in [-0.25, -0.2) is 4.99 Å². The van der Waals surface area contributed by atoms with Gasteiger partial charge in [-0.15, -0.1) is 24.0 Å². The summed E-state index contributed by atoms with van der Waals surface area (Å²) >= 11 is 0. The smallest absolute Gasteiger partial charge is 0.191 e. The van der Waals surface area contributed by atoms with E-state index in [1.807, 2.05) is 6.92 Å². The van der Waals surface area contributed by atoms with Crippen molar-refractivity contribution in [2.75, 3.05) is 33.4 Å². The van der Waals surface area contributed by atoms with Gasteiger partial charge in [-0.1, -0.05) is 24.3 Å². The molecule has 0 bridgehead atoms. The van der Waals surface area contributed by atoms with Crippen LogP contribution in [0.4, 0.5) is 0 Å². The summed E-state index contributed by atoms with van der Waals surface area (Å²) in [6, 6.07) is 9.12. The number of benzene rings is 1. The van der Waals surface area contributed by atoms with Gasteiger partial charge in [-0.3, -0.25) is 4.90 Å². The van der Waals surface area contributed by atoms with E-state index in [1.165, 1.54) is 11.1 Å². The van der Waals surface area contributed by atoms with E-state index < -0.39 is 0 Å². The average molecular weight is 490 g/mol. The lowest BCUT2D eigenvalue weighted by molar-refractivity contribution is 0.143. The van der Waals surface area contributed by atoms with Crippen LogP contribution in [0.3, 0.4) is 0 Å². The maximum absolute atomic E-state index is 5.38. The Morgan fingerprint density at radius 2 is 1.81 bits per heavy atom. The van der Waals surface area contributed by atoms with Crippen LogP contribution in [0, 0.1) is 0 Å². The Morgan fingerprint density at radius 1 is 1.11 bits per heavy atom. The molecule has 1 aromatic carbocycles. The maximum Gasteiger partial charge on any atom is 0.191 e. The fourth-order valence-electron chi connectivity index (χ4n) is 2.50. The number of hydrogen-bond donors (Lipinski definition) is 2. The fourth-order valence-corrected chi connectivity index (χ4v) is 2.50. The lowest BCUT2D eigenvalue weighted by atomic mass is 10.1. The standard InChI is InChI=1S/C21H38N4O.HI/c1-6-22-21(23-14-10-11-15-26-7-2)24-16-19-12-8-9-13-20(19)17-25(5)18(3)4;/h8-9,12-13,18H,6-7,10-11,14-17H2,1-5H3,(H2,22,23,24);1H. The van der Waals surface area contributed by atoms with Crippen LogP contribution >= 0.6 is 24.0 Å². The van der Waals surface area contributed by atoms with Crippen molar-refractivity contribution in [2.45, 2.75) is 59.7 Å². The minimum Gasteiger partial charge on any atom is -0.382 e. The fraction of sp³-hybridized carbons (Fsp3) is 0.667. The molecule has 0 aliphatic rings. The van der Waals surface area contributed by atoms with E-state index >= 15 is 0 Å². The molecule has 0 atom stereocenters. The number of nitrogens with one attached hydrogen (secondary N) is 2. The Morgan fingerprint density at radius 3 is 2.44 bits per heavy atom.